The highest BCUT2D eigenvalue weighted by Crippen LogP contribution is 1.97. The van der Waals surface area contributed by atoms with Gasteiger partial charge in [0, 0.05) is 6.42 Å². The molecule has 0 heterocycles. The van der Waals surface area contributed by atoms with E-state index in [1.807, 2.05) is 0 Å². The van der Waals surface area contributed by atoms with Crippen molar-refractivity contribution < 1.29 is 14.7 Å². The number of rotatable bonds is 5. The monoisotopic (exact) mass is 193 g/mol. The van der Waals surface area contributed by atoms with Crippen LogP contribution in [0.15, 0.2) is 0 Å². The Kier molecular flexibility index (Phi) is 5.65. The first-order chi connectivity index (χ1) is 6.61. The highest BCUT2D eigenvalue weighted by Gasteiger charge is 2.12. The van der Waals surface area contributed by atoms with Crippen molar-refractivity contribution >= 4 is 11.9 Å². The quantitative estimate of drug-likeness (QED) is 0.622. The summed E-state index contributed by atoms with van der Waals surface area (Å²) in [4.78, 5) is 22.8. The molecule has 74 valence electrons. The van der Waals surface area contributed by atoms with Gasteiger partial charge in [0.1, 0.15) is 0 Å². The number of carboxylic acid groups (broad SMARTS) is 1. The second kappa shape index (κ2) is 6.56. The van der Waals surface area contributed by atoms with Gasteiger partial charge in [0.05, 0.1) is 19.5 Å². The first-order valence-corrected chi connectivity index (χ1v) is 3.98. The van der Waals surface area contributed by atoms with Crippen LogP contribution >= 0.6 is 0 Å². The van der Waals surface area contributed by atoms with E-state index < -0.39 is 5.97 Å². The summed E-state index contributed by atoms with van der Waals surface area (Å²) in [6.45, 7) is 0.227. The highest BCUT2D eigenvalue weighted by molar-refractivity contribution is 5.81. The Hall–Kier alpha value is -1.94. The second-order valence-electron chi connectivity index (χ2n) is 2.55. The number of carbonyl (C=O) groups excluding carboxylic acids is 1. The molecule has 0 aliphatic carbocycles. The summed E-state index contributed by atoms with van der Waals surface area (Å²) in [5.41, 5.74) is 0. The third kappa shape index (κ3) is 4.84. The predicted octanol–water partition coefficient (Wildman–Crippen LogP) is -0.0538. The largest absolute Gasteiger partial charge is 0.481 e. The second-order valence-corrected chi connectivity index (χ2v) is 2.55. The van der Waals surface area contributed by atoms with Gasteiger partial charge in [-0.3, -0.25) is 9.59 Å². The SMILES string of the molecule is C#CCN(CC#C)C(=O)CCC(=O)O. The Morgan fingerprint density at radius 1 is 1.14 bits per heavy atom. The van der Waals surface area contributed by atoms with Gasteiger partial charge in [-0.05, 0) is 0 Å². The molecule has 0 rings (SSSR count). The predicted molar refractivity (Wildman–Crippen MR) is 51.1 cm³/mol. The first kappa shape index (κ1) is 12.1. The number of terminal acetylenes is 2. The number of hydrogen-bond acceptors (Lipinski definition) is 2. The topological polar surface area (TPSA) is 57.6 Å². The number of aliphatic carboxylic acids is 1. The van der Waals surface area contributed by atoms with Crippen molar-refractivity contribution in [1.82, 2.24) is 4.90 Å². The van der Waals surface area contributed by atoms with Crippen LogP contribution in [-0.2, 0) is 9.59 Å². The minimum absolute atomic E-state index is 0.0707. The van der Waals surface area contributed by atoms with Crippen molar-refractivity contribution in [3.05, 3.63) is 0 Å². The van der Waals surface area contributed by atoms with Crippen molar-refractivity contribution in [3.63, 3.8) is 0 Å². The van der Waals surface area contributed by atoms with Gasteiger partial charge in [-0.25, -0.2) is 0 Å². The maximum absolute atomic E-state index is 11.3. The summed E-state index contributed by atoms with van der Waals surface area (Å²) in [5.74, 6) is 3.22. The van der Waals surface area contributed by atoms with E-state index >= 15 is 0 Å². The van der Waals surface area contributed by atoms with Gasteiger partial charge in [0.15, 0.2) is 0 Å². The molecule has 0 fully saturated rings. The maximum Gasteiger partial charge on any atom is 0.303 e. The zero-order chi connectivity index (χ0) is 11.0. The van der Waals surface area contributed by atoms with Crippen LogP contribution in [0.1, 0.15) is 12.8 Å². The van der Waals surface area contributed by atoms with Gasteiger partial charge in [-0.2, -0.15) is 0 Å². The summed E-state index contributed by atoms with van der Waals surface area (Å²) in [5, 5.41) is 8.35. The zero-order valence-electron chi connectivity index (χ0n) is 7.69. The smallest absolute Gasteiger partial charge is 0.303 e. The molecule has 0 aromatic rings. The lowest BCUT2D eigenvalue weighted by Gasteiger charge is -2.16. The molecule has 0 atom stereocenters. The van der Waals surface area contributed by atoms with Gasteiger partial charge >= 0.3 is 5.97 Å². The van der Waals surface area contributed by atoms with Crippen molar-refractivity contribution in [3.8, 4) is 24.7 Å². The summed E-state index contributed by atoms with van der Waals surface area (Å²) < 4.78 is 0. The maximum atomic E-state index is 11.3. The average molecular weight is 193 g/mol. The third-order valence-electron chi connectivity index (χ3n) is 1.47. The average Bonchev–Trinajstić information content (AvgIpc) is 2.14. The van der Waals surface area contributed by atoms with E-state index in [0.29, 0.717) is 0 Å². The molecule has 0 radical (unpaired) electrons. The van der Waals surface area contributed by atoms with Crippen LogP contribution in [0.2, 0.25) is 0 Å². The van der Waals surface area contributed by atoms with Crippen LogP contribution in [0.5, 0.6) is 0 Å². The Balaban J connectivity index is 4.10. The van der Waals surface area contributed by atoms with Crippen LogP contribution in [0.4, 0.5) is 0 Å². The summed E-state index contributed by atoms with van der Waals surface area (Å²) in [6, 6.07) is 0. The van der Waals surface area contributed by atoms with Crippen LogP contribution in [-0.4, -0.2) is 35.0 Å². The fourth-order valence-electron chi connectivity index (χ4n) is 0.825. The molecule has 0 saturated carbocycles. The molecule has 0 aromatic heterocycles. The molecule has 0 aliphatic heterocycles. The van der Waals surface area contributed by atoms with E-state index in [1.165, 1.54) is 4.90 Å². The Morgan fingerprint density at radius 2 is 1.64 bits per heavy atom. The molecule has 0 aliphatic rings. The number of nitrogens with zero attached hydrogens (tertiary/aromatic N) is 1. The fourth-order valence-corrected chi connectivity index (χ4v) is 0.825. The summed E-state index contributed by atoms with van der Waals surface area (Å²) in [7, 11) is 0. The van der Waals surface area contributed by atoms with E-state index in [1.54, 1.807) is 0 Å². The standard InChI is InChI=1S/C10H11NO3/c1-3-7-11(8-4-2)9(12)5-6-10(13)14/h1-2H,5-8H2,(H,13,14). The molecule has 0 saturated heterocycles. The molecule has 0 aromatic carbocycles. The van der Waals surface area contributed by atoms with Gasteiger partial charge in [-0.15, -0.1) is 12.8 Å². The zero-order valence-corrected chi connectivity index (χ0v) is 7.69. The molecule has 0 unspecified atom stereocenters. The number of carbonyl (C=O) groups is 2. The molecular weight excluding hydrogens is 182 g/mol. The molecule has 1 amide bonds. The van der Waals surface area contributed by atoms with Crippen LogP contribution in [0.3, 0.4) is 0 Å². The van der Waals surface area contributed by atoms with Crippen LogP contribution in [0.25, 0.3) is 0 Å². The van der Waals surface area contributed by atoms with Crippen molar-refractivity contribution in [2.75, 3.05) is 13.1 Å². The summed E-state index contributed by atoms with van der Waals surface area (Å²) >= 11 is 0. The molecule has 4 heteroatoms. The molecule has 14 heavy (non-hydrogen) atoms. The molecule has 1 N–H and O–H groups in total. The van der Waals surface area contributed by atoms with Gasteiger partial charge < -0.3 is 10.0 Å². The molecule has 4 nitrogen and oxygen atoms in total. The van der Waals surface area contributed by atoms with E-state index in [2.05, 4.69) is 11.8 Å². The van der Waals surface area contributed by atoms with Crippen LogP contribution < -0.4 is 0 Å². The van der Waals surface area contributed by atoms with Gasteiger partial charge in [0.25, 0.3) is 0 Å². The lowest BCUT2D eigenvalue weighted by atomic mass is 10.2. The lowest BCUT2D eigenvalue weighted by Crippen LogP contribution is -2.31. The molecular formula is C10H11NO3. The minimum Gasteiger partial charge on any atom is -0.481 e. The van der Waals surface area contributed by atoms with Gasteiger partial charge in [-0.1, -0.05) is 11.8 Å². The van der Waals surface area contributed by atoms with E-state index in [0.717, 1.165) is 0 Å². The Bertz CT molecular complexity index is 279. The van der Waals surface area contributed by atoms with Crippen molar-refractivity contribution in [2.24, 2.45) is 0 Å². The van der Waals surface area contributed by atoms with Crippen molar-refractivity contribution in [1.29, 1.82) is 0 Å². The van der Waals surface area contributed by atoms with Crippen LogP contribution in [0, 0.1) is 24.7 Å². The molecule has 0 spiro atoms. The highest BCUT2D eigenvalue weighted by atomic mass is 16.4. The van der Waals surface area contributed by atoms with Crippen molar-refractivity contribution in [2.45, 2.75) is 12.8 Å². The normalized spacial score (nSPS) is 8.43. The van der Waals surface area contributed by atoms with E-state index in [-0.39, 0.29) is 31.8 Å². The Labute approximate surface area is 82.9 Å². The molecule has 0 bridgehead atoms. The first-order valence-electron chi connectivity index (χ1n) is 3.98. The number of carboxylic acids is 1. The summed E-state index contributed by atoms with van der Waals surface area (Å²) in [6.07, 6.45) is 9.77. The Morgan fingerprint density at radius 3 is 2.00 bits per heavy atom. The fraction of sp³-hybridized carbons (Fsp3) is 0.400. The minimum atomic E-state index is -1.01. The lowest BCUT2D eigenvalue weighted by molar-refractivity contribution is -0.140. The van der Waals surface area contributed by atoms with E-state index in [9.17, 15) is 9.59 Å². The van der Waals surface area contributed by atoms with Gasteiger partial charge in [0.2, 0.25) is 5.91 Å². The number of amides is 1. The van der Waals surface area contributed by atoms with E-state index in [4.69, 9.17) is 18.0 Å². The number of hydrogen-bond donors (Lipinski definition) is 1. The third-order valence-corrected chi connectivity index (χ3v) is 1.47.